The van der Waals surface area contributed by atoms with Gasteiger partial charge in [0.05, 0.1) is 32.4 Å². The van der Waals surface area contributed by atoms with Crippen LogP contribution in [-0.2, 0) is 25.6 Å². The van der Waals surface area contributed by atoms with E-state index in [1.54, 1.807) is 0 Å². The van der Waals surface area contributed by atoms with E-state index >= 15 is 0 Å². The molecule has 25 heavy (non-hydrogen) atoms. The first-order chi connectivity index (χ1) is 12.1. The second-order valence-electron chi connectivity index (χ2n) is 6.05. The molecule has 1 aromatic carbocycles. The van der Waals surface area contributed by atoms with Crippen LogP contribution in [0.2, 0.25) is 0 Å². The van der Waals surface area contributed by atoms with E-state index in [2.05, 4.69) is 4.74 Å². The number of carbonyl (C=O) groups is 2. The zero-order chi connectivity index (χ0) is 17.8. The van der Waals surface area contributed by atoms with Gasteiger partial charge in [-0.1, -0.05) is 30.3 Å². The Balaban J connectivity index is 1.71. The molecule has 134 valence electrons. The first kappa shape index (κ1) is 17.4. The smallest absolute Gasteiger partial charge is 0.410 e. The quantitative estimate of drug-likeness (QED) is 0.618. The molecule has 1 aromatic rings. The van der Waals surface area contributed by atoms with Gasteiger partial charge in [0.15, 0.2) is 0 Å². The molecule has 0 radical (unpaired) electrons. The molecule has 2 fully saturated rings. The van der Waals surface area contributed by atoms with Crippen LogP contribution in [0.25, 0.3) is 0 Å². The molecule has 2 saturated heterocycles. The molecule has 7 heteroatoms. The zero-order valence-electron chi connectivity index (χ0n) is 13.9. The molecule has 0 N–H and O–H groups in total. The maximum Gasteiger partial charge on any atom is 0.410 e. The maximum atomic E-state index is 14.8. The topological polar surface area (TPSA) is 65.1 Å². The van der Waals surface area contributed by atoms with Crippen molar-refractivity contribution < 1.29 is 28.2 Å². The predicted octanol–water partition coefficient (Wildman–Crippen LogP) is 2.23. The van der Waals surface area contributed by atoms with Gasteiger partial charge in [-0.25, -0.2) is 14.0 Å². The van der Waals surface area contributed by atoms with Crippen LogP contribution in [-0.4, -0.2) is 55.5 Å². The third kappa shape index (κ3) is 3.82. The van der Waals surface area contributed by atoms with E-state index in [0.29, 0.717) is 5.57 Å². The Morgan fingerprint density at radius 1 is 1.32 bits per heavy atom. The van der Waals surface area contributed by atoms with Crippen molar-refractivity contribution in [3.05, 3.63) is 47.5 Å². The number of nitrogens with zero attached hydrogens (tertiary/aromatic N) is 1. The molecule has 0 aliphatic carbocycles. The third-order valence-electron chi connectivity index (χ3n) is 4.43. The van der Waals surface area contributed by atoms with Crippen LogP contribution >= 0.6 is 0 Å². The SMILES string of the molecule is COC(=O)C=C1CC2COCC(C1F)N2C(=O)OCc1ccccc1. The molecule has 1 amide bonds. The van der Waals surface area contributed by atoms with Crippen LogP contribution in [0.3, 0.4) is 0 Å². The predicted molar refractivity (Wildman–Crippen MR) is 86.5 cm³/mol. The van der Waals surface area contributed by atoms with Crippen molar-refractivity contribution in [1.29, 1.82) is 0 Å². The highest BCUT2D eigenvalue weighted by molar-refractivity contribution is 5.83. The van der Waals surface area contributed by atoms with Crippen molar-refractivity contribution in [2.24, 2.45) is 0 Å². The fourth-order valence-corrected chi connectivity index (χ4v) is 3.20. The highest BCUT2D eigenvalue weighted by atomic mass is 19.1. The van der Waals surface area contributed by atoms with Crippen molar-refractivity contribution in [2.75, 3.05) is 20.3 Å². The summed E-state index contributed by atoms with van der Waals surface area (Å²) >= 11 is 0. The van der Waals surface area contributed by atoms with Crippen LogP contribution in [0.1, 0.15) is 12.0 Å². The number of ether oxygens (including phenoxy) is 3. The zero-order valence-corrected chi connectivity index (χ0v) is 13.9. The standard InChI is InChI=1S/C18H20FNO5/c1-23-16(21)8-13-7-14-10-24-11-15(17(13)19)20(14)18(22)25-9-12-5-3-2-4-6-12/h2-6,8,14-15,17H,7,9-11H2,1H3. The number of carbonyl (C=O) groups excluding carboxylic acids is 2. The number of benzene rings is 1. The van der Waals surface area contributed by atoms with Gasteiger partial charge < -0.3 is 14.2 Å². The number of methoxy groups -OCH3 is 1. The molecule has 3 atom stereocenters. The molecule has 0 aromatic heterocycles. The minimum absolute atomic E-state index is 0.0661. The Bertz CT molecular complexity index is 663. The molecule has 3 rings (SSSR count). The monoisotopic (exact) mass is 349 g/mol. The lowest BCUT2D eigenvalue weighted by Gasteiger charge is -2.47. The Morgan fingerprint density at radius 2 is 2.08 bits per heavy atom. The van der Waals surface area contributed by atoms with Crippen LogP contribution in [0, 0.1) is 0 Å². The molecule has 2 bridgehead atoms. The van der Waals surface area contributed by atoms with Gasteiger partial charge in [-0.2, -0.15) is 0 Å². The van der Waals surface area contributed by atoms with E-state index in [1.807, 2.05) is 30.3 Å². The van der Waals surface area contributed by atoms with Gasteiger partial charge in [-0.15, -0.1) is 0 Å². The molecular weight excluding hydrogens is 329 g/mol. The van der Waals surface area contributed by atoms with Crippen molar-refractivity contribution in [3.8, 4) is 0 Å². The van der Waals surface area contributed by atoms with E-state index in [4.69, 9.17) is 9.47 Å². The van der Waals surface area contributed by atoms with E-state index in [9.17, 15) is 14.0 Å². The first-order valence-electron chi connectivity index (χ1n) is 8.09. The number of morpholine rings is 1. The Kier molecular flexibility index (Phi) is 5.33. The summed E-state index contributed by atoms with van der Waals surface area (Å²) in [7, 11) is 1.24. The average molecular weight is 349 g/mol. The van der Waals surface area contributed by atoms with Gasteiger partial charge in [0.2, 0.25) is 0 Å². The highest BCUT2D eigenvalue weighted by Crippen LogP contribution is 2.34. The molecular formula is C18H20FNO5. The number of hydrogen-bond donors (Lipinski definition) is 0. The summed E-state index contributed by atoms with van der Waals surface area (Å²) in [4.78, 5) is 25.3. The van der Waals surface area contributed by atoms with E-state index < -0.39 is 24.3 Å². The minimum Gasteiger partial charge on any atom is -0.466 e. The van der Waals surface area contributed by atoms with E-state index in [-0.39, 0.29) is 32.3 Å². The normalized spacial score (nSPS) is 27.0. The highest BCUT2D eigenvalue weighted by Gasteiger charge is 2.46. The summed E-state index contributed by atoms with van der Waals surface area (Å²) in [5.74, 6) is -0.600. The molecule has 6 nitrogen and oxygen atoms in total. The van der Waals surface area contributed by atoms with Gasteiger partial charge >= 0.3 is 12.1 Å². The molecule has 0 saturated carbocycles. The van der Waals surface area contributed by atoms with Gasteiger partial charge in [0, 0.05) is 6.08 Å². The molecule has 3 unspecified atom stereocenters. The van der Waals surface area contributed by atoms with Crippen LogP contribution in [0.4, 0.5) is 9.18 Å². The van der Waals surface area contributed by atoms with Crippen molar-refractivity contribution >= 4 is 12.1 Å². The minimum atomic E-state index is -1.49. The lowest BCUT2D eigenvalue weighted by molar-refractivity contribution is -0.135. The van der Waals surface area contributed by atoms with Crippen molar-refractivity contribution in [3.63, 3.8) is 0 Å². The van der Waals surface area contributed by atoms with Crippen LogP contribution < -0.4 is 0 Å². The molecule has 0 spiro atoms. The fourth-order valence-electron chi connectivity index (χ4n) is 3.20. The number of halogens is 1. The largest absolute Gasteiger partial charge is 0.466 e. The summed E-state index contributed by atoms with van der Waals surface area (Å²) in [5.41, 5.74) is 1.19. The Morgan fingerprint density at radius 3 is 2.80 bits per heavy atom. The Hall–Kier alpha value is -2.41. The lowest BCUT2D eigenvalue weighted by Crippen LogP contribution is -2.62. The second kappa shape index (κ2) is 7.65. The van der Waals surface area contributed by atoms with Crippen molar-refractivity contribution in [1.82, 2.24) is 4.90 Å². The molecule has 2 aliphatic rings. The number of hydrogen-bond acceptors (Lipinski definition) is 5. The fraction of sp³-hybridized carbons (Fsp3) is 0.444. The summed E-state index contributed by atoms with van der Waals surface area (Å²) in [6, 6.07) is 8.13. The van der Waals surface area contributed by atoms with Gasteiger partial charge in [-0.05, 0) is 17.6 Å². The summed E-state index contributed by atoms with van der Waals surface area (Å²) in [5, 5.41) is 0. The number of amides is 1. The van der Waals surface area contributed by atoms with Gasteiger partial charge in [0.1, 0.15) is 12.8 Å². The summed E-state index contributed by atoms with van der Waals surface area (Å²) in [6.07, 6.45) is -0.669. The molecule has 2 aliphatic heterocycles. The number of fused-ring (bicyclic) bond motifs is 2. The Labute approximate surface area is 145 Å². The van der Waals surface area contributed by atoms with Gasteiger partial charge in [0.25, 0.3) is 0 Å². The van der Waals surface area contributed by atoms with Crippen molar-refractivity contribution in [2.45, 2.75) is 31.3 Å². The lowest BCUT2D eigenvalue weighted by atomic mass is 9.88. The van der Waals surface area contributed by atoms with E-state index in [1.165, 1.54) is 18.1 Å². The van der Waals surface area contributed by atoms with Crippen LogP contribution in [0.5, 0.6) is 0 Å². The van der Waals surface area contributed by atoms with E-state index in [0.717, 1.165) is 5.56 Å². The third-order valence-corrected chi connectivity index (χ3v) is 4.43. The number of piperidine rings is 1. The number of esters is 1. The number of rotatable bonds is 3. The average Bonchev–Trinajstić information content (AvgIpc) is 2.64. The number of alkyl halides is 1. The molecule has 2 heterocycles. The van der Waals surface area contributed by atoms with Crippen LogP contribution in [0.15, 0.2) is 42.0 Å². The summed E-state index contributed by atoms with van der Waals surface area (Å²) < 4.78 is 30.1. The maximum absolute atomic E-state index is 14.8. The first-order valence-corrected chi connectivity index (χ1v) is 8.09. The second-order valence-corrected chi connectivity index (χ2v) is 6.05. The van der Waals surface area contributed by atoms with Gasteiger partial charge in [-0.3, -0.25) is 4.90 Å². The summed E-state index contributed by atoms with van der Waals surface area (Å²) in [6.45, 7) is 0.469.